The van der Waals surface area contributed by atoms with Gasteiger partial charge in [0.1, 0.15) is 0 Å². The summed E-state index contributed by atoms with van der Waals surface area (Å²) in [7, 11) is -3.69. The van der Waals surface area contributed by atoms with E-state index in [1.165, 1.54) is 11.3 Å². The van der Waals surface area contributed by atoms with Gasteiger partial charge in [-0.3, -0.25) is 4.18 Å². The largest absolute Gasteiger partial charge is 0.296 e. The third kappa shape index (κ3) is 4.69. The van der Waals surface area contributed by atoms with E-state index < -0.39 is 10.1 Å². The molecule has 114 valence electrons. The van der Waals surface area contributed by atoms with E-state index in [0.717, 1.165) is 11.1 Å². The predicted molar refractivity (Wildman–Crippen MR) is 87.0 cm³/mol. The van der Waals surface area contributed by atoms with Crippen LogP contribution in [0.5, 0.6) is 0 Å². The lowest BCUT2D eigenvalue weighted by Gasteiger charge is -2.05. The summed E-state index contributed by atoms with van der Waals surface area (Å²) >= 11 is 13.2. The van der Waals surface area contributed by atoms with Gasteiger partial charge in [0.05, 0.1) is 20.2 Å². The molecule has 1 aromatic heterocycles. The molecule has 0 bridgehead atoms. The maximum absolute atomic E-state index is 12.0. The third-order valence-corrected chi connectivity index (χ3v) is 5.76. The first-order valence-corrected chi connectivity index (χ1v) is 9.26. The smallest absolute Gasteiger partial charge is 0.266 e. The molecular weight excluding hydrogens is 351 g/mol. The molecule has 1 heterocycles. The average Bonchev–Trinajstić information content (AvgIpc) is 2.74. The number of hydrogen-bond donors (Lipinski definition) is 0. The number of rotatable bonds is 6. The lowest BCUT2D eigenvalue weighted by Crippen LogP contribution is -2.08. The van der Waals surface area contributed by atoms with Crippen LogP contribution in [0.1, 0.15) is 17.5 Å². The van der Waals surface area contributed by atoms with E-state index in [9.17, 15) is 8.42 Å². The molecule has 0 atom stereocenters. The molecule has 2 rings (SSSR count). The zero-order valence-corrected chi connectivity index (χ0v) is 14.5. The fraction of sp³-hybridized carbons (Fsp3) is 0.286. The fourth-order valence-electron chi connectivity index (χ4n) is 1.75. The van der Waals surface area contributed by atoms with Crippen LogP contribution in [0, 0.1) is 6.92 Å². The molecule has 0 radical (unpaired) electrons. The van der Waals surface area contributed by atoms with E-state index in [1.807, 2.05) is 6.92 Å². The van der Waals surface area contributed by atoms with Crippen LogP contribution in [-0.2, 0) is 20.7 Å². The summed E-state index contributed by atoms with van der Waals surface area (Å²) in [4.78, 5) is 0.171. The lowest BCUT2D eigenvalue weighted by atomic mass is 10.2. The van der Waals surface area contributed by atoms with Crippen LogP contribution in [-0.4, -0.2) is 15.0 Å². The van der Waals surface area contributed by atoms with Crippen LogP contribution < -0.4 is 0 Å². The molecule has 0 saturated heterocycles. The molecule has 0 spiro atoms. The highest BCUT2D eigenvalue weighted by molar-refractivity contribution is 7.86. The summed E-state index contributed by atoms with van der Waals surface area (Å²) in [5, 5.41) is 0. The second kappa shape index (κ2) is 7.11. The quantitative estimate of drug-likeness (QED) is 0.550. The van der Waals surface area contributed by atoms with Gasteiger partial charge in [0, 0.05) is 0 Å². The van der Waals surface area contributed by atoms with Crippen molar-refractivity contribution in [1.29, 1.82) is 0 Å². The van der Waals surface area contributed by atoms with Gasteiger partial charge in [0.15, 0.2) is 0 Å². The zero-order chi connectivity index (χ0) is 15.5. The fourth-order valence-corrected chi connectivity index (χ4v) is 4.24. The standard InChI is InChI=1S/C14H14Cl2O3S2/c1-10-4-6-12(7-5-10)21(17,18)19-8-2-3-11-9-13(15)20-14(11)16/h4-7,9H,2-3,8H2,1H3. The van der Waals surface area contributed by atoms with Crippen molar-refractivity contribution in [3.8, 4) is 0 Å². The first-order chi connectivity index (χ1) is 9.88. The molecule has 0 fully saturated rings. The minimum absolute atomic E-state index is 0.111. The molecule has 0 unspecified atom stereocenters. The third-order valence-electron chi connectivity index (χ3n) is 2.87. The summed E-state index contributed by atoms with van der Waals surface area (Å²) in [6, 6.07) is 8.36. The van der Waals surface area contributed by atoms with Crippen molar-refractivity contribution in [3.63, 3.8) is 0 Å². The van der Waals surface area contributed by atoms with Gasteiger partial charge < -0.3 is 0 Å². The van der Waals surface area contributed by atoms with Crippen molar-refractivity contribution in [2.24, 2.45) is 0 Å². The van der Waals surface area contributed by atoms with Crippen molar-refractivity contribution in [3.05, 3.63) is 50.1 Å². The number of hydrogen-bond acceptors (Lipinski definition) is 4. The topological polar surface area (TPSA) is 43.4 Å². The summed E-state index contributed by atoms with van der Waals surface area (Å²) in [5.74, 6) is 0. The van der Waals surface area contributed by atoms with Gasteiger partial charge in [0.2, 0.25) is 0 Å². The van der Waals surface area contributed by atoms with Gasteiger partial charge in [-0.2, -0.15) is 8.42 Å². The van der Waals surface area contributed by atoms with Gasteiger partial charge in [-0.25, -0.2) is 0 Å². The van der Waals surface area contributed by atoms with Crippen molar-refractivity contribution >= 4 is 44.7 Å². The Kier molecular flexibility index (Phi) is 5.68. The van der Waals surface area contributed by atoms with E-state index in [-0.39, 0.29) is 11.5 Å². The Balaban J connectivity index is 1.88. The van der Waals surface area contributed by atoms with Gasteiger partial charge in [-0.15, -0.1) is 11.3 Å². The maximum Gasteiger partial charge on any atom is 0.296 e. The molecule has 0 saturated carbocycles. The average molecular weight is 365 g/mol. The van der Waals surface area contributed by atoms with Crippen molar-refractivity contribution in [2.45, 2.75) is 24.7 Å². The molecule has 21 heavy (non-hydrogen) atoms. The monoisotopic (exact) mass is 364 g/mol. The van der Waals surface area contributed by atoms with E-state index in [0.29, 0.717) is 21.5 Å². The van der Waals surface area contributed by atoms with Crippen LogP contribution in [0.4, 0.5) is 0 Å². The van der Waals surface area contributed by atoms with Crippen LogP contribution in [0.3, 0.4) is 0 Å². The predicted octanol–water partition coefficient (Wildman–Crippen LogP) is 4.70. The molecular formula is C14H14Cl2O3S2. The highest BCUT2D eigenvalue weighted by atomic mass is 35.5. The molecule has 0 N–H and O–H groups in total. The van der Waals surface area contributed by atoms with Crippen LogP contribution >= 0.6 is 34.5 Å². The molecule has 3 nitrogen and oxygen atoms in total. The highest BCUT2D eigenvalue weighted by Crippen LogP contribution is 2.31. The summed E-state index contributed by atoms with van der Waals surface area (Å²) in [5.41, 5.74) is 1.92. The summed E-state index contributed by atoms with van der Waals surface area (Å²) < 4.78 is 30.2. The Bertz CT molecular complexity index is 706. The van der Waals surface area contributed by atoms with E-state index in [1.54, 1.807) is 30.3 Å². The Hall–Kier alpha value is -0.590. The molecule has 0 amide bonds. The number of aryl methyl sites for hydroxylation is 2. The van der Waals surface area contributed by atoms with Crippen molar-refractivity contribution < 1.29 is 12.6 Å². The highest BCUT2D eigenvalue weighted by Gasteiger charge is 2.14. The first-order valence-electron chi connectivity index (χ1n) is 6.28. The van der Waals surface area contributed by atoms with Crippen molar-refractivity contribution in [1.82, 2.24) is 0 Å². The first kappa shape index (κ1) is 16.8. The molecule has 7 heteroatoms. The minimum Gasteiger partial charge on any atom is -0.266 e. The second-order valence-corrected chi connectivity index (χ2v) is 8.44. The van der Waals surface area contributed by atoms with E-state index >= 15 is 0 Å². The second-order valence-electron chi connectivity index (χ2n) is 4.54. The molecule has 1 aromatic carbocycles. The van der Waals surface area contributed by atoms with Crippen LogP contribution in [0.25, 0.3) is 0 Å². The van der Waals surface area contributed by atoms with E-state index in [2.05, 4.69) is 0 Å². The van der Waals surface area contributed by atoms with Crippen LogP contribution in [0.2, 0.25) is 8.67 Å². The SMILES string of the molecule is Cc1ccc(S(=O)(=O)OCCCc2cc(Cl)sc2Cl)cc1. The summed E-state index contributed by atoms with van der Waals surface area (Å²) in [6.45, 7) is 2.01. The molecule has 0 aliphatic carbocycles. The minimum atomic E-state index is -3.69. The van der Waals surface area contributed by atoms with E-state index in [4.69, 9.17) is 27.4 Å². The number of halogens is 2. The number of thiophene rings is 1. The van der Waals surface area contributed by atoms with Gasteiger partial charge in [-0.05, 0) is 43.5 Å². The maximum atomic E-state index is 12.0. The Morgan fingerprint density at radius 1 is 1.19 bits per heavy atom. The zero-order valence-electron chi connectivity index (χ0n) is 11.3. The molecule has 0 aliphatic heterocycles. The van der Waals surface area contributed by atoms with Gasteiger partial charge >= 0.3 is 0 Å². The van der Waals surface area contributed by atoms with Gasteiger partial charge in [0.25, 0.3) is 10.1 Å². The summed E-state index contributed by atoms with van der Waals surface area (Å²) in [6.07, 6.45) is 1.18. The van der Waals surface area contributed by atoms with Gasteiger partial charge in [-0.1, -0.05) is 40.9 Å². The molecule has 2 aromatic rings. The Labute approximate surface area is 138 Å². The number of benzene rings is 1. The normalized spacial score (nSPS) is 11.8. The Morgan fingerprint density at radius 2 is 1.86 bits per heavy atom. The lowest BCUT2D eigenvalue weighted by molar-refractivity contribution is 0.312. The van der Waals surface area contributed by atoms with Crippen molar-refractivity contribution in [2.75, 3.05) is 6.61 Å². The molecule has 0 aliphatic rings. The Morgan fingerprint density at radius 3 is 2.43 bits per heavy atom. The van der Waals surface area contributed by atoms with Crippen LogP contribution in [0.15, 0.2) is 35.2 Å².